The molecule has 0 aromatic carbocycles. The second kappa shape index (κ2) is 5.16. The maximum atomic E-state index is 11.6. The molecule has 0 spiro atoms. The zero-order chi connectivity index (χ0) is 13.1. The van der Waals surface area contributed by atoms with Crippen LogP contribution in [0.15, 0.2) is 15.8 Å². The number of hydrogen-bond acceptors (Lipinski definition) is 5. The minimum absolute atomic E-state index is 0.0706. The summed E-state index contributed by atoms with van der Waals surface area (Å²) in [6.45, 7) is 2.52. The molecule has 2 heterocycles. The number of morpholine rings is 1. The number of H-pyrrole nitrogens is 1. The fourth-order valence-electron chi connectivity index (χ4n) is 1.92. The van der Waals surface area contributed by atoms with Gasteiger partial charge in [0.25, 0.3) is 5.56 Å². The van der Waals surface area contributed by atoms with Crippen LogP contribution in [0, 0.1) is 11.3 Å². The van der Waals surface area contributed by atoms with E-state index in [1.807, 2.05) is 7.05 Å². The molecule has 1 aromatic heterocycles. The zero-order valence-electron chi connectivity index (χ0n) is 10.0. The molecule has 1 aromatic rings. The van der Waals surface area contributed by atoms with Crippen LogP contribution in [0.25, 0.3) is 0 Å². The molecule has 7 heteroatoms. The average molecular weight is 250 g/mol. The molecule has 1 unspecified atom stereocenters. The molecule has 7 nitrogen and oxygen atoms in total. The Bertz CT molecular complexity index is 583. The van der Waals surface area contributed by atoms with Gasteiger partial charge in [-0.25, -0.2) is 4.79 Å². The summed E-state index contributed by atoms with van der Waals surface area (Å²) in [5.74, 6) is 0. The van der Waals surface area contributed by atoms with Gasteiger partial charge < -0.3 is 9.64 Å². The number of rotatable bonds is 2. The van der Waals surface area contributed by atoms with Crippen molar-refractivity contribution in [2.75, 3.05) is 26.7 Å². The van der Waals surface area contributed by atoms with Gasteiger partial charge in [-0.3, -0.25) is 14.3 Å². The van der Waals surface area contributed by atoms with Gasteiger partial charge in [-0.1, -0.05) is 0 Å². The SMILES string of the molecule is CN1CCOC(Cn2cc(C#N)c(=O)[nH]c2=O)C1. The van der Waals surface area contributed by atoms with Crippen LogP contribution in [0.2, 0.25) is 0 Å². The number of nitriles is 1. The van der Waals surface area contributed by atoms with Crippen LogP contribution in [0.3, 0.4) is 0 Å². The molecule has 2 rings (SSSR count). The number of aromatic nitrogens is 2. The highest BCUT2D eigenvalue weighted by molar-refractivity contribution is 5.21. The monoisotopic (exact) mass is 250 g/mol. The molecule has 96 valence electrons. The van der Waals surface area contributed by atoms with Gasteiger partial charge in [0.05, 0.1) is 19.3 Å². The third-order valence-electron chi connectivity index (χ3n) is 2.87. The Hall–Kier alpha value is -1.91. The van der Waals surface area contributed by atoms with Crippen molar-refractivity contribution in [2.24, 2.45) is 0 Å². The van der Waals surface area contributed by atoms with E-state index >= 15 is 0 Å². The predicted molar refractivity (Wildman–Crippen MR) is 63.3 cm³/mol. The Balaban J connectivity index is 2.21. The van der Waals surface area contributed by atoms with Crippen molar-refractivity contribution in [3.05, 3.63) is 32.6 Å². The van der Waals surface area contributed by atoms with E-state index in [1.54, 1.807) is 6.07 Å². The number of hydrogen-bond donors (Lipinski definition) is 1. The van der Waals surface area contributed by atoms with Crippen LogP contribution in [-0.4, -0.2) is 47.3 Å². The molecule has 1 aliphatic heterocycles. The molecule has 0 aliphatic carbocycles. The van der Waals surface area contributed by atoms with Crippen molar-refractivity contribution >= 4 is 0 Å². The lowest BCUT2D eigenvalue weighted by Gasteiger charge is -2.30. The molecule has 0 amide bonds. The van der Waals surface area contributed by atoms with E-state index in [0.717, 1.165) is 6.54 Å². The Morgan fingerprint density at radius 1 is 1.61 bits per heavy atom. The van der Waals surface area contributed by atoms with Gasteiger partial charge in [-0.15, -0.1) is 0 Å². The summed E-state index contributed by atoms with van der Waals surface area (Å²) in [6, 6.07) is 1.75. The summed E-state index contributed by atoms with van der Waals surface area (Å²) in [5, 5.41) is 8.76. The van der Waals surface area contributed by atoms with Gasteiger partial charge >= 0.3 is 5.69 Å². The van der Waals surface area contributed by atoms with Gasteiger partial charge in [0, 0.05) is 19.3 Å². The summed E-state index contributed by atoms with van der Waals surface area (Å²) in [5.41, 5.74) is -1.24. The first kappa shape index (κ1) is 12.5. The molecule has 0 saturated carbocycles. The highest BCUT2D eigenvalue weighted by Gasteiger charge is 2.19. The van der Waals surface area contributed by atoms with Gasteiger partial charge in [-0.05, 0) is 7.05 Å². The van der Waals surface area contributed by atoms with Crippen LogP contribution >= 0.6 is 0 Å². The summed E-state index contributed by atoms with van der Waals surface area (Å²) < 4.78 is 6.84. The normalized spacial score (nSPS) is 20.6. The lowest BCUT2D eigenvalue weighted by Crippen LogP contribution is -2.44. The number of ether oxygens (including phenoxy) is 1. The third kappa shape index (κ3) is 2.67. The first-order valence-corrected chi connectivity index (χ1v) is 5.64. The molecular formula is C11H14N4O3. The largest absolute Gasteiger partial charge is 0.374 e. The van der Waals surface area contributed by atoms with Crippen LogP contribution in [0.5, 0.6) is 0 Å². The van der Waals surface area contributed by atoms with Crippen LogP contribution < -0.4 is 11.2 Å². The lowest BCUT2D eigenvalue weighted by atomic mass is 10.2. The van der Waals surface area contributed by atoms with Gasteiger partial charge in [0.1, 0.15) is 11.6 Å². The van der Waals surface area contributed by atoms with E-state index in [2.05, 4.69) is 9.88 Å². The molecule has 1 N–H and O–H groups in total. The van der Waals surface area contributed by atoms with E-state index < -0.39 is 11.2 Å². The summed E-state index contributed by atoms with van der Waals surface area (Å²) >= 11 is 0. The van der Waals surface area contributed by atoms with Crippen molar-refractivity contribution < 1.29 is 4.74 Å². The summed E-state index contributed by atoms with van der Waals surface area (Å²) in [4.78, 5) is 27.1. The molecule has 1 aliphatic rings. The fourth-order valence-corrected chi connectivity index (χ4v) is 1.92. The van der Waals surface area contributed by atoms with Crippen molar-refractivity contribution in [2.45, 2.75) is 12.6 Å². The molecule has 1 fully saturated rings. The Kier molecular flexibility index (Phi) is 3.60. The van der Waals surface area contributed by atoms with Crippen molar-refractivity contribution in [1.29, 1.82) is 5.26 Å². The Morgan fingerprint density at radius 2 is 2.39 bits per heavy atom. The maximum absolute atomic E-state index is 11.6. The van der Waals surface area contributed by atoms with Gasteiger partial charge in [0.15, 0.2) is 0 Å². The third-order valence-corrected chi connectivity index (χ3v) is 2.87. The van der Waals surface area contributed by atoms with Crippen molar-refractivity contribution in [3.63, 3.8) is 0 Å². The van der Waals surface area contributed by atoms with E-state index in [0.29, 0.717) is 19.7 Å². The van der Waals surface area contributed by atoms with E-state index in [1.165, 1.54) is 10.8 Å². The first-order valence-electron chi connectivity index (χ1n) is 5.64. The molecule has 18 heavy (non-hydrogen) atoms. The average Bonchev–Trinajstić information content (AvgIpc) is 2.33. The topological polar surface area (TPSA) is 91.1 Å². The second-order valence-electron chi connectivity index (χ2n) is 4.32. The number of nitrogens with zero attached hydrogens (tertiary/aromatic N) is 3. The lowest BCUT2D eigenvalue weighted by molar-refractivity contribution is -0.0281. The van der Waals surface area contributed by atoms with Gasteiger partial charge in [0.2, 0.25) is 0 Å². The number of likely N-dealkylation sites (N-methyl/N-ethyl adjacent to an activating group) is 1. The molecule has 0 bridgehead atoms. The highest BCUT2D eigenvalue weighted by Crippen LogP contribution is 2.04. The van der Waals surface area contributed by atoms with Crippen molar-refractivity contribution in [1.82, 2.24) is 14.5 Å². The van der Waals surface area contributed by atoms with Gasteiger partial charge in [-0.2, -0.15) is 5.26 Å². The molecule has 0 radical (unpaired) electrons. The van der Waals surface area contributed by atoms with E-state index in [-0.39, 0.29) is 11.7 Å². The summed E-state index contributed by atoms with van der Waals surface area (Å²) in [7, 11) is 1.98. The smallest absolute Gasteiger partial charge is 0.328 e. The van der Waals surface area contributed by atoms with E-state index in [9.17, 15) is 9.59 Å². The van der Waals surface area contributed by atoms with Crippen LogP contribution in [0.1, 0.15) is 5.56 Å². The van der Waals surface area contributed by atoms with Crippen LogP contribution in [-0.2, 0) is 11.3 Å². The standard InChI is InChI=1S/C11H14N4O3/c1-14-2-3-18-9(6-14)7-15-5-8(4-12)10(16)13-11(15)17/h5,9H,2-3,6-7H2,1H3,(H,13,16,17). The minimum atomic E-state index is -0.652. The second-order valence-corrected chi connectivity index (χ2v) is 4.32. The van der Waals surface area contributed by atoms with E-state index in [4.69, 9.17) is 10.00 Å². The maximum Gasteiger partial charge on any atom is 0.328 e. The fraction of sp³-hybridized carbons (Fsp3) is 0.545. The quantitative estimate of drug-likeness (QED) is 0.707. The van der Waals surface area contributed by atoms with Crippen LogP contribution in [0.4, 0.5) is 0 Å². The summed E-state index contributed by atoms with van der Waals surface area (Å²) in [6.07, 6.45) is 1.16. The molecule has 1 atom stereocenters. The predicted octanol–water partition coefficient (Wildman–Crippen LogP) is -1.26. The highest BCUT2D eigenvalue weighted by atomic mass is 16.5. The number of aromatic amines is 1. The zero-order valence-corrected chi connectivity index (χ0v) is 10.0. The first-order chi connectivity index (χ1) is 8.60. The number of nitrogens with one attached hydrogen (secondary N) is 1. The Morgan fingerprint density at radius 3 is 3.06 bits per heavy atom. The molecule has 1 saturated heterocycles. The molecular weight excluding hydrogens is 236 g/mol. The Labute approximate surface area is 103 Å². The minimum Gasteiger partial charge on any atom is -0.374 e. The van der Waals surface area contributed by atoms with Crippen molar-refractivity contribution in [3.8, 4) is 6.07 Å².